The van der Waals surface area contributed by atoms with Crippen molar-refractivity contribution in [2.24, 2.45) is 10.7 Å². The number of nitrogens with one attached hydrogen (secondary N) is 1. The Bertz CT molecular complexity index is 199. The van der Waals surface area contributed by atoms with Gasteiger partial charge in [-0.15, -0.1) is 0 Å². The standard InChI is InChI=1S/C10H23N3O2/c1-10(2,3)13-9(11)12-6-8(15-5)7-14-4/h8H,6-7H2,1-5H3,(H3,11,12,13). The molecular weight excluding hydrogens is 194 g/mol. The topological polar surface area (TPSA) is 68.9 Å². The van der Waals surface area contributed by atoms with Crippen LogP contribution in [0.1, 0.15) is 20.8 Å². The molecule has 0 heterocycles. The molecule has 0 aromatic heterocycles. The van der Waals surface area contributed by atoms with E-state index in [0.717, 1.165) is 0 Å². The van der Waals surface area contributed by atoms with E-state index in [2.05, 4.69) is 10.3 Å². The van der Waals surface area contributed by atoms with Crippen LogP contribution < -0.4 is 11.1 Å². The highest BCUT2D eigenvalue weighted by Crippen LogP contribution is 1.97. The van der Waals surface area contributed by atoms with Gasteiger partial charge in [0, 0.05) is 19.8 Å². The first kappa shape index (κ1) is 14.2. The van der Waals surface area contributed by atoms with Crippen LogP contribution in [-0.4, -0.2) is 45.0 Å². The molecule has 0 saturated carbocycles. The highest BCUT2D eigenvalue weighted by molar-refractivity contribution is 5.78. The minimum absolute atomic E-state index is 0.0460. The molecule has 0 fully saturated rings. The molecule has 0 radical (unpaired) electrons. The van der Waals surface area contributed by atoms with Crippen LogP contribution >= 0.6 is 0 Å². The minimum atomic E-state index is -0.0720. The fourth-order valence-electron chi connectivity index (χ4n) is 1.01. The summed E-state index contributed by atoms with van der Waals surface area (Å²) in [4.78, 5) is 4.18. The van der Waals surface area contributed by atoms with E-state index < -0.39 is 0 Å². The molecule has 0 rings (SSSR count). The molecule has 1 unspecified atom stereocenters. The largest absolute Gasteiger partial charge is 0.382 e. The zero-order valence-electron chi connectivity index (χ0n) is 10.3. The number of hydrogen-bond donors (Lipinski definition) is 2. The summed E-state index contributed by atoms with van der Waals surface area (Å²) >= 11 is 0. The van der Waals surface area contributed by atoms with Gasteiger partial charge < -0.3 is 20.5 Å². The molecule has 0 spiro atoms. The maximum atomic E-state index is 5.70. The monoisotopic (exact) mass is 217 g/mol. The van der Waals surface area contributed by atoms with Gasteiger partial charge in [-0.05, 0) is 20.8 Å². The summed E-state index contributed by atoms with van der Waals surface area (Å²) in [5.74, 6) is 0.431. The van der Waals surface area contributed by atoms with Crippen LogP contribution in [0.2, 0.25) is 0 Å². The van der Waals surface area contributed by atoms with Gasteiger partial charge in [-0.3, -0.25) is 4.99 Å². The van der Waals surface area contributed by atoms with Gasteiger partial charge >= 0.3 is 0 Å². The molecule has 3 N–H and O–H groups in total. The molecule has 0 amide bonds. The fraction of sp³-hybridized carbons (Fsp3) is 0.900. The molecule has 5 nitrogen and oxygen atoms in total. The first-order valence-electron chi connectivity index (χ1n) is 4.99. The zero-order valence-corrected chi connectivity index (χ0v) is 10.3. The van der Waals surface area contributed by atoms with Gasteiger partial charge in [-0.2, -0.15) is 0 Å². The molecule has 15 heavy (non-hydrogen) atoms. The zero-order chi connectivity index (χ0) is 11.9. The fourth-order valence-corrected chi connectivity index (χ4v) is 1.01. The summed E-state index contributed by atoms with van der Waals surface area (Å²) in [6.07, 6.45) is -0.0460. The highest BCUT2D eigenvalue weighted by Gasteiger charge is 2.11. The van der Waals surface area contributed by atoms with Gasteiger partial charge in [0.15, 0.2) is 5.96 Å². The third-order valence-electron chi connectivity index (χ3n) is 1.65. The lowest BCUT2D eigenvalue weighted by molar-refractivity contribution is 0.0343. The first-order chi connectivity index (χ1) is 6.89. The van der Waals surface area contributed by atoms with Crippen molar-refractivity contribution in [2.45, 2.75) is 32.4 Å². The van der Waals surface area contributed by atoms with Crippen LogP contribution in [-0.2, 0) is 9.47 Å². The predicted molar refractivity (Wildman–Crippen MR) is 62.1 cm³/mol. The summed E-state index contributed by atoms with van der Waals surface area (Å²) < 4.78 is 10.1. The summed E-state index contributed by atoms with van der Waals surface area (Å²) in [5, 5.41) is 3.07. The Morgan fingerprint density at radius 1 is 1.40 bits per heavy atom. The number of hydrogen-bond acceptors (Lipinski definition) is 3. The normalized spacial score (nSPS) is 15.1. The lowest BCUT2D eigenvalue weighted by atomic mass is 10.1. The predicted octanol–water partition coefficient (Wildman–Crippen LogP) is 0.351. The number of ether oxygens (including phenoxy) is 2. The van der Waals surface area contributed by atoms with Crippen LogP contribution in [0.4, 0.5) is 0 Å². The molecule has 90 valence electrons. The van der Waals surface area contributed by atoms with Crippen LogP contribution in [0.3, 0.4) is 0 Å². The van der Waals surface area contributed by atoms with Crippen LogP contribution in [0.5, 0.6) is 0 Å². The third-order valence-corrected chi connectivity index (χ3v) is 1.65. The van der Waals surface area contributed by atoms with E-state index in [9.17, 15) is 0 Å². The van der Waals surface area contributed by atoms with Crippen molar-refractivity contribution in [3.8, 4) is 0 Å². The molecule has 1 atom stereocenters. The van der Waals surface area contributed by atoms with Crippen LogP contribution in [0.25, 0.3) is 0 Å². The van der Waals surface area contributed by atoms with E-state index in [1.807, 2.05) is 20.8 Å². The number of methoxy groups -OCH3 is 2. The maximum absolute atomic E-state index is 5.70. The Kier molecular flexibility index (Phi) is 6.27. The van der Waals surface area contributed by atoms with Crippen LogP contribution in [0.15, 0.2) is 4.99 Å². The summed E-state index contributed by atoms with van der Waals surface area (Å²) in [5.41, 5.74) is 5.63. The second-order valence-electron chi connectivity index (χ2n) is 4.41. The highest BCUT2D eigenvalue weighted by atomic mass is 16.5. The van der Waals surface area contributed by atoms with Crippen molar-refractivity contribution < 1.29 is 9.47 Å². The second kappa shape index (κ2) is 6.63. The number of rotatable bonds is 5. The maximum Gasteiger partial charge on any atom is 0.189 e. The van der Waals surface area contributed by atoms with Gasteiger partial charge in [-0.25, -0.2) is 0 Å². The van der Waals surface area contributed by atoms with E-state index >= 15 is 0 Å². The molecule has 0 aromatic rings. The third kappa shape index (κ3) is 8.20. The Balaban J connectivity index is 4.02. The summed E-state index contributed by atoms with van der Waals surface area (Å²) in [6, 6.07) is 0. The van der Waals surface area contributed by atoms with Gasteiger partial charge in [0.1, 0.15) is 6.10 Å². The van der Waals surface area contributed by atoms with Gasteiger partial charge in [0.25, 0.3) is 0 Å². The number of guanidine groups is 1. The van der Waals surface area contributed by atoms with E-state index in [-0.39, 0.29) is 11.6 Å². The molecule has 0 aliphatic rings. The van der Waals surface area contributed by atoms with E-state index in [4.69, 9.17) is 15.2 Å². The van der Waals surface area contributed by atoms with Crippen molar-refractivity contribution >= 4 is 5.96 Å². The molecule has 0 saturated heterocycles. The molecule has 0 aliphatic heterocycles. The molecule has 5 heteroatoms. The minimum Gasteiger partial charge on any atom is -0.382 e. The Morgan fingerprint density at radius 2 is 2.00 bits per heavy atom. The van der Waals surface area contributed by atoms with E-state index in [0.29, 0.717) is 19.1 Å². The van der Waals surface area contributed by atoms with Crippen molar-refractivity contribution in [1.82, 2.24) is 5.32 Å². The lowest BCUT2D eigenvalue weighted by Gasteiger charge is -2.21. The summed E-state index contributed by atoms with van der Waals surface area (Å²) in [6.45, 7) is 7.09. The van der Waals surface area contributed by atoms with E-state index in [1.165, 1.54) is 0 Å². The average Bonchev–Trinajstić information content (AvgIpc) is 2.09. The number of aliphatic imine (C=N–C) groups is 1. The van der Waals surface area contributed by atoms with Crippen LogP contribution in [0, 0.1) is 0 Å². The van der Waals surface area contributed by atoms with Gasteiger partial charge in [0.2, 0.25) is 0 Å². The SMILES string of the molecule is COCC(CN=C(N)NC(C)(C)C)OC. The number of nitrogens with zero attached hydrogens (tertiary/aromatic N) is 1. The van der Waals surface area contributed by atoms with E-state index in [1.54, 1.807) is 14.2 Å². The van der Waals surface area contributed by atoms with Gasteiger partial charge in [0.05, 0.1) is 13.2 Å². The Hall–Kier alpha value is -0.810. The van der Waals surface area contributed by atoms with Crippen molar-refractivity contribution in [1.29, 1.82) is 0 Å². The molecule has 0 bridgehead atoms. The molecular formula is C10H23N3O2. The molecule has 0 aliphatic carbocycles. The Labute approximate surface area is 92.0 Å². The lowest BCUT2D eigenvalue weighted by Crippen LogP contribution is -2.45. The second-order valence-corrected chi connectivity index (χ2v) is 4.41. The molecule has 0 aromatic carbocycles. The Morgan fingerprint density at radius 3 is 2.40 bits per heavy atom. The van der Waals surface area contributed by atoms with Crippen molar-refractivity contribution in [3.05, 3.63) is 0 Å². The van der Waals surface area contributed by atoms with Gasteiger partial charge in [-0.1, -0.05) is 0 Å². The van der Waals surface area contributed by atoms with Crippen molar-refractivity contribution in [2.75, 3.05) is 27.4 Å². The average molecular weight is 217 g/mol. The number of nitrogens with two attached hydrogens (primary N) is 1. The van der Waals surface area contributed by atoms with Crippen molar-refractivity contribution in [3.63, 3.8) is 0 Å². The summed E-state index contributed by atoms with van der Waals surface area (Å²) in [7, 11) is 3.26. The smallest absolute Gasteiger partial charge is 0.189 e. The quantitative estimate of drug-likeness (QED) is 0.515. The first-order valence-corrected chi connectivity index (χ1v) is 4.99.